The van der Waals surface area contributed by atoms with Crippen LogP contribution >= 0.6 is 0 Å². The van der Waals surface area contributed by atoms with Crippen LogP contribution in [0.2, 0.25) is 0 Å². The normalized spacial score (nSPS) is 11.2. The molecule has 0 bridgehead atoms. The van der Waals surface area contributed by atoms with Gasteiger partial charge in [-0.25, -0.2) is 4.79 Å². The molecule has 0 fully saturated rings. The fraction of sp³-hybridized carbons (Fsp3) is 0.125. The molecular weight excluding hydrogens is 172 g/mol. The third-order valence-corrected chi connectivity index (χ3v) is 1.70. The van der Waals surface area contributed by atoms with Crippen molar-refractivity contribution in [3.8, 4) is 5.75 Å². The van der Waals surface area contributed by atoms with Gasteiger partial charge in [0.1, 0.15) is 5.75 Å². The molecule has 0 unspecified atom stereocenters. The number of aromatic hydroxyl groups is 1. The molecule has 5 heteroatoms. The summed E-state index contributed by atoms with van der Waals surface area (Å²) < 4.78 is 0. The van der Waals surface area contributed by atoms with Crippen LogP contribution in [0.1, 0.15) is 5.56 Å². The molecule has 1 aromatic rings. The number of hydrogen-bond acceptors (Lipinski definition) is 4. The van der Waals surface area contributed by atoms with Gasteiger partial charge in [0.15, 0.2) is 5.66 Å². The second-order valence-corrected chi connectivity index (χ2v) is 2.72. The summed E-state index contributed by atoms with van der Waals surface area (Å²) >= 11 is 0. The van der Waals surface area contributed by atoms with Gasteiger partial charge in [-0.05, 0) is 17.7 Å². The zero-order chi connectivity index (χ0) is 10.1. The highest BCUT2D eigenvalue weighted by molar-refractivity contribution is 5.79. The third-order valence-electron chi connectivity index (χ3n) is 1.70. The Morgan fingerprint density at radius 2 is 1.69 bits per heavy atom. The lowest BCUT2D eigenvalue weighted by molar-refractivity contribution is -0.143. The summed E-state index contributed by atoms with van der Waals surface area (Å²) in [7, 11) is 0. The molecule has 0 amide bonds. The second-order valence-electron chi connectivity index (χ2n) is 2.72. The molecule has 13 heavy (non-hydrogen) atoms. The molecule has 0 spiro atoms. The predicted molar refractivity (Wildman–Crippen MR) is 45.8 cm³/mol. The smallest absolute Gasteiger partial charge is 0.343 e. The number of carboxylic acids is 1. The van der Waals surface area contributed by atoms with Crippen LogP contribution in [0.3, 0.4) is 0 Å². The van der Waals surface area contributed by atoms with Crippen molar-refractivity contribution in [3.05, 3.63) is 29.8 Å². The highest BCUT2D eigenvalue weighted by atomic mass is 16.4. The Morgan fingerprint density at radius 3 is 2.08 bits per heavy atom. The van der Waals surface area contributed by atoms with E-state index in [0.717, 1.165) is 0 Å². The van der Waals surface area contributed by atoms with Gasteiger partial charge in [-0.2, -0.15) is 0 Å². The van der Waals surface area contributed by atoms with Gasteiger partial charge >= 0.3 is 5.97 Å². The van der Waals surface area contributed by atoms with Crippen LogP contribution in [0.25, 0.3) is 0 Å². The maximum atomic E-state index is 10.6. The number of nitrogens with two attached hydrogens (primary N) is 2. The highest BCUT2D eigenvalue weighted by Crippen LogP contribution is 2.16. The zero-order valence-corrected chi connectivity index (χ0v) is 6.77. The van der Waals surface area contributed by atoms with Crippen LogP contribution in [-0.2, 0) is 10.5 Å². The Kier molecular flexibility index (Phi) is 2.22. The standard InChI is InChI=1S/C8H10N2O3/c9-8(10,7(12)13)5-1-3-6(11)4-2-5/h1-4,11H,9-10H2,(H,12,13). The highest BCUT2D eigenvalue weighted by Gasteiger charge is 2.30. The first kappa shape index (κ1) is 9.50. The first-order valence-electron chi connectivity index (χ1n) is 3.55. The third kappa shape index (κ3) is 1.77. The van der Waals surface area contributed by atoms with Gasteiger partial charge in [0.25, 0.3) is 0 Å². The largest absolute Gasteiger partial charge is 0.508 e. The fourth-order valence-electron chi connectivity index (χ4n) is 0.861. The molecule has 5 nitrogen and oxygen atoms in total. The molecule has 0 aliphatic carbocycles. The Morgan fingerprint density at radius 1 is 1.23 bits per heavy atom. The average Bonchev–Trinajstić information content (AvgIpc) is 2.04. The Bertz CT molecular complexity index is 319. The molecule has 1 aromatic carbocycles. The summed E-state index contributed by atoms with van der Waals surface area (Å²) in [6.45, 7) is 0. The Hall–Kier alpha value is -1.59. The Balaban J connectivity index is 3.08. The van der Waals surface area contributed by atoms with Crippen molar-refractivity contribution in [1.82, 2.24) is 0 Å². The van der Waals surface area contributed by atoms with Crippen molar-refractivity contribution < 1.29 is 15.0 Å². The number of phenols is 1. The van der Waals surface area contributed by atoms with E-state index in [2.05, 4.69) is 0 Å². The molecule has 0 atom stereocenters. The predicted octanol–water partition coefficient (Wildman–Crippen LogP) is -0.453. The minimum Gasteiger partial charge on any atom is -0.508 e. The number of benzene rings is 1. The summed E-state index contributed by atoms with van der Waals surface area (Å²) in [5.74, 6) is -1.29. The maximum absolute atomic E-state index is 10.6. The Labute approximate surface area is 74.6 Å². The molecule has 0 aliphatic rings. The molecule has 0 heterocycles. The summed E-state index contributed by atoms with van der Waals surface area (Å²) in [5, 5.41) is 17.6. The molecule has 6 N–H and O–H groups in total. The van der Waals surface area contributed by atoms with E-state index in [1.54, 1.807) is 0 Å². The van der Waals surface area contributed by atoms with Gasteiger partial charge in [0.2, 0.25) is 0 Å². The van der Waals surface area contributed by atoms with E-state index in [0.29, 0.717) is 0 Å². The monoisotopic (exact) mass is 182 g/mol. The van der Waals surface area contributed by atoms with Gasteiger partial charge < -0.3 is 21.7 Å². The van der Waals surface area contributed by atoms with Gasteiger partial charge in [0.05, 0.1) is 0 Å². The summed E-state index contributed by atoms with van der Waals surface area (Å²) in [4.78, 5) is 10.6. The topological polar surface area (TPSA) is 110 Å². The molecule has 0 aliphatic heterocycles. The first-order valence-corrected chi connectivity index (χ1v) is 3.55. The minimum atomic E-state index is -1.91. The minimum absolute atomic E-state index is 0.0324. The second kappa shape index (κ2) is 3.04. The molecule has 0 saturated heterocycles. The first-order chi connectivity index (χ1) is 5.94. The van der Waals surface area contributed by atoms with E-state index in [9.17, 15) is 4.79 Å². The number of carbonyl (C=O) groups is 1. The van der Waals surface area contributed by atoms with E-state index >= 15 is 0 Å². The van der Waals surface area contributed by atoms with Crippen molar-refractivity contribution >= 4 is 5.97 Å². The van der Waals surface area contributed by atoms with E-state index in [1.807, 2.05) is 0 Å². The molecule has 0 saturated carbocycles. The van der Waals surface area contributed by atoms with Crippen molar-refractivity contribution in [1.29, 1.82) is 0 Å². The van der Waals surface area contributed by atoms with Gasteiger partial charge in [-0.1, -0.05) is 12.1 Å². The maximum Gasteiger partial charge on any atom is 0.343 e. The summed E-state index contributed by atoms with van der Waals surface area (Å²) in [6.07, 6.45) is 0. The number of phenolic OH excluding ortho intramolecular Hbond substituents is 1. The lowest BCUT2D eigenvalue weighted by atomic mass is 10.0. The van der Waals surface area contributed by atoms with Gasteiger partial charge in [0, 0.05) is 0 Å². The van der Waals surface area contributed by atoms with Crippen LogP contribution in [-0.4, -0.2) is 16.2 Å². The van der Waals surface area contributed by atoms with E-state index in [-0.39, 0.29) is 11.3 Å². The SMILES string of the molecule is NC(N)(C(=O)O)c1ccc(O)cc1. The zero-order valence-electron chi connectivity index (χ0n) is 6.77. The van der Waals surface area contributed by atoms with Crippen LogP contribution in [0.4, 0.5) is 0 Å². The van der Waals surface area contributed by atoms with Gasteiger partial charge in [-0.3, -0.25) is 0 Å². The fourth-order valence-corrected chi connectivity index (χ4v) is 0.861. The van der Waals surface area contributed by atoms with E-state index in [4.69, 9.17) is 21.7 Å². The summed E-state index contributed by atoms with van der Waals surface area (Å²) in [6, 6.07) is 5.38. The lowest BCUT2D eigenvalue weighted by Crippen LogP contribution is -2.53. The molecular formula is C8H10N2O3. The van der Waals surface area contributed by atoms with Crippen molar-refractivity contribution in [3.63, 3.8) is 0 Å². The van der Waals surface area contributed by atoms with Crippen molar-refractivity contribution in [2.75, 3.05) is 0 Å². The molecule has 0 aromatic heterocycles. The number of rotatable bonds is 2. The summed E-state index contributed by atoms with van der Waals surface area (Å²) in [5.41, 5.74) is 8.98. The average molecular weight is 182 g/mol. The van der Waals surface area contributed by atoms with E-state index in [1.165, 1.54) is 24.3 Å². The number of carboxylic acid groups (broad SMARTS) is 1. The van der Waals surface area contributed by atoms with E-state index < -0.39 is 11.6 Å². The molecule has 0 radical (unpaired) electrons. The lowest BCUT2D eigenvalue weighted by Gasteiger charge is -2.19. The van der Waals surface area contributed by atoms with Crippen LogP contribution in [0.5, 0.6) is 5.75 Å². The number of hydrogen-bond donors (Lipinski definition) is 4. The quantitative estimate of drug-likeness (QED) is 0.463. The van der Waals surface area contributed by atoms with Crippen LogP contribution in [0.15, 0.2) is 24.3 Å². The number of aliphatic carboxylic acids is 1. The van der Waals surface area contributed by atoms with Crippen molar-refractivity contribution in [2.24, 2.45) is 11.5 Å². The van der Waals surface area contributed by atoms with Gasteiger partial charge in [-0.15, -0.1) is 0 Å². The van der Waals surface area contributed by atoms with Crippen LogP contribution < -0.4 is 11.5 Å². The van der Waals surface area contributed by atoms with Crippen molar-refractivity contribution in [2.45, 2.75) is 5.66 Å². The molecule has 1 rings (SSSR count). The molecule has 70 valence electrons. The van der Waals surface area contributed by atoms with Crippen LogP contribution in [0, 0.1) is 0 Å².